The number of nitrogens with zero attached hydrogens (tertiary/aromatic N) is 2. The van der Waals surface area contributed by atoms with E-state index in [1.165, 1.54) is 24.3 Å². The van der Waals surface area contributed by atoms with Crippen molar-refractivity contribution in [2.75, 3.05) is 5.32 Å². The maximum Gasteiger partial charge on any atom is 0.586 e. The molecule has 1 aromatic heterocycles. The topological polar surface area (TPSA) is 176 Å². The summed E-state index contributed by atoms with van der Waals surface area (Å²) in [6.07, 6.45) is -0.247. The number of ether oxygens (including phenoxy) is 2. The van der Waals surface area contributed by atoms with Crippen LogP contribution in [0.1, 0.15) is 82.0 Å². The maximum absolute atomic E-state index is 13.9. The van der Waals surface area contributed by atoms with Crippen LogP contribution in [0.15, 0.2) is 60.8 Å². The molecule has 15 heteroatoms. The lowest BCUT2D eigenvalue weighted by molar-refractivity contribution is -0.286. The molecule has 4 aliphatic rings. The normalized spacial score (nSPS) is 22.4. The number of amides is 5. The molecule has 53 heavy (non-hydrogen) atoms. The van der Waals surface area contributed by atoms with E-state index in [0.717, 1.165) is 10.5 Å². The summed E-state index contributed by atoms with van der Waals surface area (Å²) in [5, 5.41) is 20.7. The van der Waals surface area contributed by atoms with Crippen molar-refractivity contribution >= 4 is 46.1 Å². The van der Waals surface area contributed by atoms with E-state index < -0.39 is 47.9 Å². The molecule has 3 aliphatic heterocycles. The van der Waals surface area contributed by atoms with E-state index in [1.807, 2.05) is 13.0 Å². The molecule has 0 radical (unpaired) electrons. The van der Waals surface area contributed by atoms with E-state index in [2.05, 4.69) is 25.7 Å². The molecule has 272 valence electrons. The highest BCUT2D eigenvalue weighted by Gasteiger charge is 2.46. The number of piperidine rings is 1. The molecule has 2 fully saturated rings. The molecule has 2 unspecified atom stereocenters. The fourth-order valence-electron chi connectivity index (χ4n) is 7.75. The first-order chi connectivity index (χ1) is 25.4. The second kappa shape index (κ2) is 12.8. The fourth-order valence-corrected chi connectivity index (χ4v) is 7.75. The molecule has 0 spiro atoms. The van der Waals surface area contributed by atoms with Gasteiger partial charge >= 0.3 is 6.29 Å². The van der Waals surface area contributed by atoms with E-state index in [-0.39, 0.29) is 53.2 Å². The number of aromatic hydroxyl groups is 1. The van der Waals surface area contributed by atoms with Gasteiger partial charge in [0.05, 0.1) is 17.2 Å². The minimum Gasteiger partial charge on any atom is -0.505 e. The van der Waals surface area contributed by atoms with Crippen LogP contribution in [-0.4, -0.2) is 62.9 Å². The predicted octanol–water partition coefficient (Wildman–Crippen LogP) is 4.85. The van der Waals surface area contributed by atoms with Crippen molar-refractivity contribution < 1.29 is 47.3 Å². The Morgan fingerprint density at radius 3 is 2.53 bits per heavy atom. The molecule has 1 aliphatic carbocycles. The summed E-state index contributed by atoms with van der Waals surface area (Å²) in [5.41, 5.74) is 2.58. The van der Waals surface area contributed by atoms with Crippen LogP contribution in [0.5, 0.6) is 17.2 Å². The molecule has 2 atom stereocenters. The fraction of sp³-hybridized carbons (Fsp3) is 0.316. The molecular formula is C38H33F2N5O8. The number of pyridine rings is 1. The Morgan fingerprint density at radius 2 is 1.75 bits per heavy atom. The molecule has 4 heterocycles. The highest BCUT2D eigenvalue weighted by Crippen LogP contribution is 2.44. The number of alkyl halides is 2. The Kier molecular flexibility index (Phi) is 8.23. The summed E-state index contributed by atoms with van der Waals surface area (Å²) in [7, 11) is 0. The lowest BCUT2D eigenvalue weighted by Crippen LogP contribution is -2.54. The monoisotopic (exact) mass is 725 g/mol. The molecule has 0 bridgehead atoms. The molecule has 1 saturated carbocycles. The smallest absolute Gasteiger partial charge is 0.505 e. The number of imide groups is 2. The Labute approximate surface area is 300 Å². The largest absolute Gasteiger partial charge is 0.586 e. The number of fused-ring (bicyclic) bond motifs is 3. The minimum atomic E-state index is -3.84. The molecular weight excluding hydrogens is 692 g/mol. The van der Waals surface area contributed by atoms with Gasteiger partial charge in [-0.3, -0.25) is 39.2 Å². The molecule has 3 aromatic carbocycles. The second-order valence-electron chi connectivity index (χ2n) is 13.7. The Hall–Kier alpha value is -6.12. The standard InChI is InChI=1S/C38H33F2N5O8/c1-18-16-24(33(47)32-22(18)5-3-15-41-32)31(20-9-13-27-28(17-20)53-38(39,40)52-27)44-34(48)19-7-10-21(11-8-19)42-25-6-2-4-23-30(25)37(51)45(36(23)50)26-12-14-29(46)43-35(26)49/h2-6,9,13,15-17,19,21,26,31,42,47H,7-8,10-12,14H2,1H3,(H,44,48)(H,43,46,49). The molecule has 5 amide bonds. The van der Waals surface area contributed by atoms with Gasteiger partial charge in [-0.1, -0.05) is 18.2 Å². The van der Waals surface area contributed by atoms with Crippen molar-refractivity contribution in [3.8, 4) is 17.2 Å². The second-order valence-corrected chi connectivity index (χ2v) is 13.7. The van der Waals surface area contributed by atoms with Gasteiger partial charge in [-0.05, 0) is 86.6 Å². The Balaban J connectivity index is 0.995. The molecule has 8 rings (SSSR count). The van der Waals surface area contributed by atoms with Crippen molar-refractivity contribution in [1.82, 2.24) is 20.5 Å². The number of phenolic OH excluding ortho intramolecular Hbond substituents is 1. The summed E-state index contributed by atoms with van der Waals surface area (Å²) in [4.78, 5) is 70.2. The van der Waals surface area contributed by atoms with Crippen LogP contribution in [-0.2, 0) is 14.4 Å². The number of halogens is 2. The summed E-state index contributed by atoms with van der Waals surface area (Å²) in [5.74, 6) is -3.63. The third-order valence-corrected chi connectivity index (χ3v) is 10.4. The van der Waals surface area contributed by atoms with Crippen molar-refractivity contribution in [2.45, 2.75) is 69.9 Å². The third-order valence-electron chi connectivity index (χ3n) is 10.4. The number of aromatic nitrogens is 1. The maximum atomic E-state index is 13.9. The van der Waals surface area contributed by atoms with Gasteiger partial charge in [0.2, 0.25) is 17.7 Å². The molecule has 1 saturated heterocycles. The van der Waals surface area contributed by atoms with Crippen LogP contribution in [0.2, 0.25) is 0 Å². The number of carbonyl (C=O) groups excluding carboxylic acids is 5. The number of hydrogen-bond acceptors (Lipinski definition) is 10. The van der Waals surface area contributed by atoms with Gasteiger partial charge in [-0.15, -0.1) is 8.78 Å². The number of benzene rings is 3. The number of nitrogens with one attached hydrogen (secondary N) is 3. The minimum absolute atomic E-state index is 0.0162. The summed E-state index contributed by atoms with van der Waals surface area (Å²) in [6, 6.07) is 12.2. The summed E-state index contributed by atoms with van der Waals surface area (Å²) in [6.45, 7) is 1.85. The van der Waals surface area contributed by atoms with Gasteiger partial charge in [0.1, 0.15) is 17.3 Å². The van der Waals surface area contributed by atoms with Crippen molar-refractivity contribution in [2.24, 2.45) is 5.92 Å². The van der Waals surface area contributed by atoms with Crippen molar-refractivity contribution in [3.05, 3.63) is 88.6 Å². The number of phenols is 1. The zero-order chi connectivity index (χ0) is 37.2. The number of anilines is 1. The van der Waals surface area contributed by atoms with Crippen LogP contribution < -0.4 is 25.4 Å². The van der Waals surface area contributed by atoms with E-state index in [9.17, 15) is 37.9 Å². The average molecular weight is 726 g/mol. The first-order valence-electron chi connectivity index (χ1n) is 17.3. The summed E-state index contributed by atoms with van der Waals surface area (Å²) >= 11 is 0. The van der Waals surface area contributed by atoms with E-state index >= 15 is 0 Å². The van der Waals surface area contributed by atoms with Gasteiger partial charge in [-0.25, -0.2) is 0 Å². The summed E-state index contributed by atoms with van der Waals surface area (Å²) < 4.78 is 37.1. The third kappa shape index (κ3) is 6.05. The number of hydrogen-bond donors (Lipinski definition) is 4. The van der Waals surface area contributed by atoms with E-state index in [0.29, 0.717) is 53.4 Å². The zero-order valence-corrected chi connectivity index (χ0v) is 28.3. The van der Waals surface area contributed by atoms with E-state index in [1.54, 1.807) is 30.5 Å². The van der Waals surface area contributed by atoms with Gasteiger partial charge in [0, 0.05) is 41.2 Å². The van der Waals surface area contributed by atoms with Crippen molar-refractivity contribution in [3.63, 3.8) is 0 Å². The van der Waals surface area contributed by atoms with Gasteiger partial charge in [0.25, 0.3) is 11.8 Å². The van der Waals surface area contributed by atoms with Crippen LogP contribution in [0.3, 0.4) is 0 Å². The van der Waals surface area contributed by atoms with Crippen LogP contribution >= 0.6 is 0 Å². The lowest BCUT2D eigenvalue weighted by Gasteiger charge is -2.31. The highest BCUT2D eigenvalue weighted by atomic mass is 19.3. The zero-order valence-electron chi connectivity index (χ0n) is 28.3. The SMILES string of the molecule is Cc1cc(C(NC(=O)C2CCC(Nc3cccc4c3C(=O)N(C3CCC(=O)NC3=O)C4=O)CC2)c2ccc3c(c2)OC(F)(F)O3)c(O)c2ncccc12. The first kappa shape index (κ1) is 34.0. The van der Waals surface area contributed by atoms with Gasteiger partial charge in [-0.2, -0.15) is 0 Å². The number of aryl methyl sites for hydroxylation is 1. The van der Waals surface area contributed by atoms with Crippen LogP contribution in [0, 0.1) is 12.8 Å². The predicted molar refractivity (Wildman–Crippen MR) is 183 cm³/mol. The number of carbonyl (C=O) groups is 5. The lowest BCUT2D eigenvalue weighted by atomic mass is 9.84. The highest BCUT2D eigenvalue weighted by molar-refractivity contribution is 6.25. The quantitative estimate of drug-likeness (QED) is 0.193. The first-order valence-corrected chi connectivity index (χ1v) is 17.3. The Morgan fingerprint density at radius 1 is 0.981 bits per heavy atom. The van der Waals surface area contributed by atoms with Crippen LogP contribution in [0.4, 0.5) is 14.5 Å². The average Bonchev–Trinajstić information content (AvgIpc) is 3.59. The molecule has 13 nitrogen and oxygen atoms in total. The van der Waals surface area contributed by atoms with Crippen molar-refractivity contribution in [1.29, 1.82) is 0 Å². The van der Waals surface area contributed by atoms with E-state index in [4.69, 9.17) is 4.74 Å². The Bertz CT molecular complexity index is 2240. The molecule has 4 N–H and O–H groups in total. The number of rotatable bonds is 7. The van der Waals surface area contributed by atoms with Gasteiger partial charge in [0.15, 0.2) is 11.5 Å². The van der Waals surface area contributed by atoms with Crippen LogP contribution in [0.25, 0.3) is 10.9 Å². The van der Waals surface area contributed by atoms with Gasteiger partial charge < -0.3 is 25.2 Å². The molecule has 4 aromatic rings.